The highest BCUT2D eigenvalue weighted by atomic mass is 32.1. The van der Waals surface area contributed by atoms with Crippen molar-refractivity contribution in [3.63, 3.8) is 0 Å². The van der Waals surface area contributed by atoms with Crippen molar-refractivity contribution >= 4 is 17.2 Å². The Labute approximate surface area is 167 Å². The number of aromatic nitrogens is 4. The van der Waals surface area contributed by atoms with E-state index in [1.54, 1.807) is 29.9 Å². The average molecular weight is 398 g/mol. The molecule has 1 atom stereocenters. The van der Waals surface area contributed by atoms with Crippen molar-refractivity contribution in [3.05, 3.63) is 42.3 Å². The van der Waals surface area contributed by atoms with E-state index in [0.717, 1.165) is 47.7 Å². The SMILES string of the molecule is O=C(CC1CCCCO1)NCCn1ncc(-c2cnccn2)c1-c1cccs1. The van der Waals surface area contributed by atoms with E-state index in [4.69, 9.17) is 4.74 Å². The molecule has 0 aliphatic carbocycles. The number of rotatable bonds is 7. The lowest BCUT2D eigenvalue weighted by Gasteiger charge is -2.21. The minimum atomic E-state index is 0.0332. The number of carbonyl (C=O) groups is 1. The van der Waals surface area contributed by atoms with Crippen LogP contribution in [0.3, 0.4) is 0 Å². The van der Waals surface area contributed by atoms with Crippen LogP contribution in [0.15, 0.2) is 42.3 Å². The summed E-state index contributed by atoms with van der Waals surface area (Å²) in [5.74, 6) is 0.0332. The molecule has 4 rings (SSSR count). The van der Waals surface area contributed by atoms with Gasteiger partial charge in [-0.2, -0.15) is 5.10 Å². The van der Waals surface area contributed by atoms with Gasteiger partial charge in [-0.25, -0.2) is 0 Å². The Kier molecular flexibility index (Phi) is 6.08. The summed E-state index contributed by atoms with van der Waals surface area (Å²) in [6.07, 6.45) is 10.6. The summed E-state index contributed by atoms with van der Waals surface area (Å²) in [7, 11) is 0. The molecule has 0 saturated carbocycles. The standard InChI is InChI=1S/C20H23N5O2S/c26-19(12-15-4-1-2-10-27-15)23-8-9-25-20(18-5-3-11-28-18)16(13-24-25)17-14-21-6-7-22-17/h3,5-7,11,13-15H,1-2,4,8-10,12H2,(H,23,26). The van der Waals surface area contributed by atoms with E-state index in [9.17, 15) is 4.79 Å². The normalized spacial score (nSPS) is 16.8. The summed E-state index contributed by atoms with van der Waals surface area (Å²) in [4.78, 5) is 21.9. The number of thiophene rings is 1. The van der Waals surface area contributed by atoms with Gasteiger partial charge in [-0.3, -0.25) is 19.4 Å². The van der Waals surface area contributed by atoms with Crippen LogP contribution in [0.2, 0.25) is 0 Å². The van der Waals surface area contributed by atoms with Crippen LogP contribution >= 0.6 is 11.3 Å². The summed E-state index contributed by atoms with van der Waals surface area (Å²) in [5.41, 5.74) is 2.73. The quantitative estimate of drug-likeness (QED) is 0.662. The largest absolute Gasteiger partial charge is 0.378 e. The van der Waals surface area contributed by atoms with Crippen LogP contribution in [-0.4, -0.2) is 44.9 Å². The van der Waals surface area contributed by atoms with Gasteiger partial charge < -0.3 is 10.1 Å². The number of hydrogen-bond acceptors (Lipinski definition) is 6. The fraction of sp³-hybridized carbons (Fsp3) is 0.400. The fourth-order valence-electron chi connectivity index (χ4n) is 3.40. The average Bonchev–Trinajstić information content (AvgIpc) is 3.39. The topological polar surface area (TPSA) is 81.9 Å². The minimum Gasteiger partial charge on any atom is -0.378 e. The Morgan fingerprint density at radius 1 is 1.32 bits per heavy atom. The fourth-order valence-corrected chi connectivity index (χ4v) is 4.19. The predicted molar refractivity (Wildman–Crippen MR) is 108 cm³/mol. The second kappa shape index (κ2) is 9.07. The summed E-state index contributed by atoms with van der Waals surface area (Å²) in [5, 5.41) is 9.58. The van der Waals surface area contributed by atoms with Gasteiger partial charge in [0.15, 0.2) is 0 Å². The molecule has 8 heteroatoms. The van der Waals surface area contributed by atoms with Crippen molar-refractivity contribution < 1.29 is 9.53 Å². The van der Waals surface area contributed by atoms with Gasteiger partial charge in [0.05, 0.1) is 47.7 Å². The van der Waals surface area contributed by atoms with Gasteiger partial charge in [0.1, 0.15) is 0 Å². The van der Waals surface area contributed by atoms with Gasteiger partial charge in [-0.05, 0) is 30.7 Å². The molecule has 0 bridgehead atoms. The van der Waals surface area contributed by atoms with E-state index < -0.39 is 0 Å². The molecular weight excluding hydrogens is 374 g/mol. The van der Waals surface area contributed by atoms with Crippen LogP contribution in [0.1, 0.15) is 25.7 Å². The van der Waals surface area contributed by atoms with Gasteiger partial charge in [0, 0.05) is 31.1 Å². The van der Waals surface area contributed by atoms with Crippen molar-refractivity contribution in [2.45, 2.75) is 38.3 Å². The first-order chi connectivity index (χ1) is 13.8. The van der Waals surface area contributed by atoms with Crippen molar-refractivity contribution in [3.8, 4) is 21.8 Å². The summed E-state index contributed by atoms with van der Waals surface area (Å²) in [6.45, 7) is 1.87. The molecule has 1 fully saturated rings. The molecule has 146 valence electrons. The summed E-state index contributed by atoms with van der Waals surface area (Å²) in [6, 6.07) is 4.08. The Balaban J connectivity index is 1.43. The zero-order chi connectivity index (χ0) is 19.2. The van der Waals surface area contributed by atoms with E-state index in [1.807, 2.05) is 22.3 Å². The van der Waals surface area contributed by atoms with E-state index in [2.05, 4.69) is 26.4 Å². The Morgan fingerprint density at radius 3 is 3.04 bits per heavy atom. The zero-order valence-corrected chi connectivity index (χ0v) is 16.4. The first-order valence-electron chi connectivity index (χ1n) is 9.55. The van der Waals surface area contributed by atoms with Crippen LogP contribution < -0.4 is 5.32 Å². The van der Waals surface area contributed by atoms with Crippen LogP contribution in [0.25, 0.3) is 21.8 Å². The Hall–Kier alpha value is -2.58. The molecule has 1 amide bonds. The molecule has 1 aliphatic heterocycles. The number of amides is 1. The van der Waals surface area contributed by atoms with Gasteiger partial charge >= 0.3 is 0 Å². The van der Waals surface area contributed by atoms with Crippen molar-refractivity contribution in [1.29, 1.82) is 0 Å². The highest BCUT2D eigenvalue weighted by molar-refractivity contribution is 7.13. The van der Waals surface area contributed by atoms with Crippen molar-refractivity contribution in [2.75, 3.05) is 13.2 Å². The van der Waals surface area contributed by atoms with Gasteiger partial charge in [-0.1, -0.05) is 6.07 Å². The van der Waals surface area contributed by atoms with E-state index in [-0.39, 0.29) is 12.0 Å². The second-order valence-electron chi connectivity index (χ2n) is 6.74. The molecule has 0 aromatic carbocycles. The smallest absolute Gasteiger partial charge is 0.222 e. The molecular formula is C20H23N5O2S. The van der Waals surface area contributed by atoms with E-state index >= 15 is 0 Å². The molecule has 1 N–H and O–H groups in total. The zero-order valence-electron chi connectivity index (χ0n) is 15.6. The molecule has 1 saturated heterocycles. The molecule has 0 radical (unpaired) electrons. The summed E-state index contributed by atoms with van der Waals surface area (Å²) >= 11 is 1.65. The number of nitrogens with one attached hydrogen (secondary N) is 1. The first-order valence-corrected chi connectivity index (χ1v) is 10.4. The van der Waals surface area contributed by atoms with Crippen LogP contribution in [-0.2, 0) is 16.1 Å². The maximum Gasteiger partial charge on any atom is 0.222 e. The van der Waals surface area contributed by atoms with Crippen LogP contribution in [0.4, 0.5) is 0 Å². The molecule has 0 spiro atoms. The lowest BCUT2D eigenvalue weighted by molar-refractivity contribution is -0.124. The Bertz CT molecular complexity index is 889. The lowest BCUT2D eigenvalue weighted by Crippen LogP contribution is -2.32. The first kappa shape index (κ1) is 18.8. The predicted octanol–water partition coefficient (Wildman–Crippen LogP) is 3.14. The van der Waals surface area contributed by atoms with Crippen molar-refractivity contribution in [1.82, 2.24) is 25.1 Å². The van der Waals surface area contributed by atoms with Gasteiger partial charge in [-0.15, -0.1) is 11.3 Å². The van der Waals surface area contributed by atoms with Gasteiger partial charge in [0.25, 0.3) is 0 Å². The summed E-state index contributed by atoms with van der Waals surface area (Å²) < 4.78 is 7.57. The third kappa shape index (κ3) is 4.45. The number of nitrogens with zero attached hydrogens (tertiary/aromatic N) is 4. The molecule has 7 nitrogen and oxygen atoms in total. The number of ether oxygens (including phenoxy) is 1. The lowest BCUT2D eigenvalue weighted by atomic mass is 10.1. The van der Waals surface area contributed by atoms with Crippen molar-refractivity contribution in [2.24, 2.45) is 0 Å². The third-order valence-electron chi connectivity index (χ3n) is 4.77. The second-order valence-corrected chi connectivity index (χ2v) is 7.69. The van der Waals surface area contributed by atoms with E-state index in [1.165, 1.54) is 0 Å². The maximum absolute atomic E-state index is 12.2. The maximum atomic E-state index is 12.2. The molecule has 4 heterocycles. The van der Waals surface area contributed by atoms with Crippen LogP contribution in [0.5, 0.6) is 0 Å². The number of carbonyl (C=O) groups excluding carboxylic acids is 1. The molecule has 3 aromatic heterocycles. The minimum absolute atomic E-state index is 0.0332. The van der Waals surface area contributed by atoms with Crippen LogP contribution in [0, 0.1) is 0 Å². The number of hydrogen-bond donors (Lipinski definition) is 1. The molecule has 1 aliphatic rings. The highest BCUT2D eigenvalue weighted by Crippen LogP contribution is 2.33. The molecule has 28 heavy (non-hydrogen) atoms. The highest BCUT2D eigenvalue weighted by Gasteiger charge is 2.19. The van der Waals surface area contributed by atoms with E-state index in [0.29, 0.717) is 19.5 Å². The third-order valence-corrected chi connectivity index (χ3v) is 5.64. The monoisotopic (exact) mass is 397 g/mol. The molecule has 1 unspecified atom stereocenters. The van der Waals surface area contributed by atoms with Gasteiger partial charge in [0.2, 0.25) is 5.91 Å². The molecule has 3 aromatic rings. The Morgan fingerprint density at radius 2 is 2.29 bits per heavy atom.